The van der Waals surface area contributed by atoms with Crippen LogP contribution in [-0.2, 0) is 9.47 Å². The van der Waals surface area contributed by atoms with Gasteiger partial charge in [0.2, 0.25) is 0 Å². The van der Waals surface area contributed by atoms with Crippen molar-refractivity contribution in [2.75, 3.05) is 45.9 Å². The molecule has 1 N–H and O–H groups in total. The largest absolute Gasteiger partial charge is 0.496 e. The molecule has 1 aromatic carbocycles. The van der Waals surface area contributed by atoms with E-state index in [1.807, 2.05) is 18.2 Å². The van der Waals surface area contributed by atoms with Crippen molar-refractivity contribution in [2.24, 2.45) is 0 Å². The van der Waals surface area contributed by atoms with Crippen molar-refractivity contribution >= 4 is 21.6 Å². The molecule has 0 amide bonds. The summed E-state index contributed by atoms with van der Waals surface area (Å²) in [6, 6.07) is 5.89. The third-order valence-corrected chi connectivity index (χ3v) is 2.98. The smallest absolute Gasteiger partial charge is 0.133 e. The molecule has 0 saturated carbocycles. The highest BCUT2D eigenvalue weighted by Gasteiger charge is 2.00. The van der Waals surface area contributed by atoms with Crippen molar-refractivity contribution in [3.63, 3.8) is 0 Å². The van der Waals surface area contributed by atoms with Crippen LogP contribution in [0.15, 0.2) is 22.7 Å². The molecule has 0 aliphatic carbocycles. The van der Waals surface area contributed by atoms with Gasteiger partial charge in [0, 0.05) is 32.6 Å². The van der Waals surface area contributed by atoms with Crippen molar-refractivity contribution in [2.45, 2.75) is 6.42 Å². The maximum atomic E-state index is 5.45. The Balaban J connectivity index is 2.17. The molecule has 0 fully saturated rings. The standard InChI is InChI=1S/C13H20BrNO3/c1-16-7-3-8-18-9-6-15-11-4-5-13(17-2)12(14)10-11/h4-5,10,15H,3,6-9H2,1-2H3. The molecule has 5 heteroatoms. The van der Waals surface area contributed by atoms with Crippen LogP contribution in [0.1, 0.15) is 6.42 Å². The zero-order valence-corrected chi connectivity index (χ0v) is 12.5. The molecule has 1 rings (SSSR count). The van der Waals surface area contributed by atoms with Gasteiger partial charge in [0.15, 0.2) is 0 Å². The minimum Gasteiger partial charge on any atom is -0.496 e. The number of hydrogen-bond donors (Lipinski definition) is 1. The van der Waals surface area contributed by atoms with E-state index in [4.69, 9.17) is 14.2 Å². The van der Waals surface area contributed by atoms with E-state index < -0.39 is 0 Å². The Kier molecular flexibility index (Phi) is 7.80. The molecule has 0 spiro atoms. The van der Waals surface area contributed by atoms with Gasteiger partial charge in [-0.3, -0.25) is 0 Å². The van der Waals surface area contributed by atoms with Gasteiger partial charge < -0.3 is 19.5 Å². The first kappa shape index (κ1) is 15.3. The highest BCUT2D eigenvalue weighted by molar-refractivity contribution is 9.10. The van der Waals surface area contributed by atoms with Gasteiger partial charge in [-0.2, -0.15) is 0 Å². The first-order valence-electron chi connectivity index (χ1n) is 5.92. The molecule has 0 atom stereocenters. The second-order valence-corrected chi connectivity index (χ2v) is 4.59. The van der Waals surface area contributed by atoms with Crippen LogP contribution in [0.3, 0.4) is 0 Å². The zero-order valence-electron chi connectivity index (χ0n) is 10.9. The SMILES string of the molecule is COCCCOCCNc1ccc(OC)c(Br)c1. The summed E-state index contributed by atoms with van der Waals surface area (Å²) >= 11 is 3.45. The Labute approximate surface area is 117 Å². The van der Waals surface area contributed by atoms with Crippen LogP contribution < -0.4 is 10.1 Å². The number of halogens is 1. The van der Waals surface area contributed by atoms with Crippen LogP contribution in [0.25, 0.3) is 0 Å². The molecular formula is C13H20BrNO3. The van der Waals surface area contributed by atoms with E-state index in [2.05, 4.69) is 21.2 Å². The fraction of sp³-hybridized carbons (Fsp3) is 0.538. The molecule has 102 valence electrons. The predicted octanol–water partition coefficient (Wildman–Crippen LogP) is 2.92. The summed E-state index contributed by atoms with van der Waals surface area (Å²) in [6.45, 7) is 2.96. The van der Waals surface area contributed by atoms with E-state index in [1.54, 1.807) is 14.2 Å². The Morgan fingerprint density at radius 2 is 2.00 bits per heavy atom. The lowest BCUT2D eigenvalue weighted by atomic mass is 10.3. The number of nitrogens with one attached hydrogen (secondary N) is 1. The molecule has 0 saturated heterocycles. The van der Waals surface area contributed by atoms with Gasteiger partial charge in [0.25, 0.3) is 0 Å². The zero-order chi connectivity index (χ0) is 13.2. The van der Waals surface area contributed by atoms with E-state index in [0.29, 0.717) is 6.61 Å². The fourth-order valence-corrected chi connectivity index (χ4v) is 1.99. The van der Waals surface area contributed by atoms with E-state index in [1.165, 1.54) is 0 Å². The molecule has 0 aliphatic heterocycles. The molecule has 0 radical (unpaired) electrons. The summed E-state index contributed by atoms with van der Waals surface area (Å²) < 4.78 is 16.5. The van der Waals surface area contributed by atoms with Gasteiger partial charge in [-0.15, -0.1) is 0 Å². The van der Waals surface area contributed by atoms with Gasteiger partial charge in [0.1, 0.15) is 5.75 Å². The molecule has 0 unspecified atom stereocenters. The molecule has 0 aromatic heterocycles. The van der Waals surface area contributed by atoms with Crippen LogP contribution in [0.4, 0.5) is 5.69 Å². The lowest BCUT2D eigenvalue weighted by Gasteiger charge is -2.09. The highest BCUT2D eigenvalue weighted by Crippen LogP contribution is 2.27. The Bertz CT molecular complexity index is 347. The van der Waals surface area contributed by atoms with Crippen molar-refractivity contribution < 1.29 is 14.2 Å². The molecule has 0 heterocycles. The normalized spacial score (nSPS) is 10.4. The van der Waals surface area contributed by atoms with E-state index >= 15 is 0 Å². The topological polar surface area (TPSA) is 39.7 Å². The predicted molar refractivity (Wildman–Crippen MR) is 76.5 cm³/mol. The summed E-state index contributed by atoms with van der Waals surface area (Å²) in [7, 11) is 3.35. The summed E-state index contributed by atoms with van der Waals surface area (Å²) in [4.78, 5) is 0. The van der Waals surface area contributed by atoms with Crippen LogP contribution in [0, 0.1) is 0 Å². The van der Waals surface area contributed by atoms with E-state index in [9.17, 15) is 0 Å². The lowest BCUT2D eigenvalue weighted by Crippen LogP contribution is -2.10. The fourth-order valence-electron chi connectivity index (χ4n) is 1.45. The number of ether oxygens (including phenoxy) is 3. The molecule has 0 aliphatic rings. The van der Waals surface area contributed by atoms with Crippen LogP contribution in [0.5, 0.6) is 5.75 Å². The van der Waals surface area contributed by atoms with Gasteiger partial charge in [0.05, 0.1) is 18.2 Å². The average Bonchev–Trinajstić information content (AvgIpc) is 2.38. The number of methoxy groups -OCH3 is 2. The van der Waals surface area contributed by atoms with Gasteiger partial charge >= 0.3 is 0 Å². The monoisotopic (exact) mass is 317 g/mol. The molecule has 0 bridgehead atoms. The molecular weight excluding hydrogens is 298 g/mol. The third-order valence-electron chi connectivity index (χ3n) is 2.36. The van der Waals surface area contributed by atoms with E-state index in [-0.39, 0.29) is 0 Å². The average molecular weight is 318 g/mol. The highest BCUT2D eigenvalue weighted by atomic mass is 79.9. The number of rotatable bonds is 9. The summed E-state index contributed by atoms with van der Waals surface area (Å²) in [5, 5.41) is 3.29. The Hall–Kier alpha value is -0.780. The summed E-state index contributed by atoms with van der Waals surface area (Å²) in [6.07, 6.45) is 0.935. The van der Waals surface area contributed by atoms with Gasteiger partial charge in [-0.05, 0) is 40.5 Å². The van der Waals surface area contributed by atoms with Crippen molar-refractivity contribution in [1.82, 2.24) is 0 Å². The first-order chi connectivity index (χ1) is 8.77. The Morgan fingerprint density at radius 3 is 2.67 bits per heavy atom. The maximum Gasteiger partial charge on any atom is 0.133 e. The summed E-state index contributed by atoms with van der Waals surface area (Å²) in [5.41, 5.74) is 1.04. The molecule has 4 nitrogen and oxygen atoms in total. The molecule has 1 aromatic rings. The minimum atomic E-state index is 0.688. The maximum absolute atomic E-state index is 5.45. The first-order valence-corrected chi connectivity index (χ1v) is 6.71. The second kappa shape index (κ2) is 9.19. The summed E-state index contributed by atoms with van der Waals surface area (Å²) in [5.74, 6) is 0.830. The van der Waals surface area contributed by atoms with Crippen LogP contribution in [0.2, 0.25) is 0 Å². The van der Waals surface area contributed by atoms with Crippen molar-refractivity contribution in [3.8, 4) is 5.75 Å². The number of anilines is 1. The van der Waals surface area contributed by atoms with Crippen LogP contribution >= 0.6 is 15.9 Å². The number of hydrogen-bond acceptors (Lipinski definition) is 4. The minimum absolute atomic E-state index is 0.688. The van der Waals surface area contributed by atoms with Gasteiger partial charge in [-0.1, -0.05) is 0 Å². The van der Waals surface area contributed by atoms with E-state index in [0.717, 1.165) is 42.1 Å². The van der Waals surface area contributed by atoms with Crippen LogP contribution in [-0.4, -0.2) is 40.6 Å². The molecule has 18 heavy (non-hydrogen) atoms. The third kappa shape index (κ3) is 5.71. The lowest BCUT2D eigenvalue weighted by molar-refractivity contribution is 0.109. The Morgan fingerprint density at radius 1 is 1.17 bits per heavy atom. The van der Waals surface area contributed by atoms with Crippen molar-refractivity contribution in [1.29, 1.82) is 0 Å². The van der Waals surface area contributed by atoms with Gasteiger partial charge in [-0.25, -0.2) is 0 Å². The second-order valence-electron chi connectivity index (χ2n) is 3.73. The number of benzene rings is 1. The van der Waals surface area contributed by atoms with Crippen molar-refractivity contribution in [3.05, 3.63) is 22.7 Å². The quantitative estimate of drug-likeness (QED) is 0.711.